The minimum absolute atomic E-state index is 0.668. The molecule has 0 radical (unpaired) electrons. The van der Waals surface area contributed by atoms with E-state index in [1.807, 2.05) is 0 Å². The number of rotatable bonds is 5. The Balaban J connectivity index is 4.15. The Hall–Kier alpha value is -0.240. The molecule has 0 aliphatic rings. The summed E-state index contributed by atoms with van der Waals surface area (Å²) in [5.74, 6) is 0. The zero-order valence-electron chi connectivity index (χ0n) is 7.70. The van der Waals surface area contributed by atoms with Crippen LogP contribution < -0.4 is 0 Å². The van der Waals surface area contributed by atoms with Gasteiger partial charge in [-0.1, -0.05) is 0 Å². The van der Waals surface area contributed by atoms with Gasteiger partial charge in [-0.3, -0.25) is 4.90 Å². The van der Waals surface area contributed by atoms with E-state index in [2.05, 4.69) is 0 Å². The fourth-order valence-electron chi connectivity index (χ4n) is 0.817. The van der Waals surface area contributed by atoms with Crippen molar-refractivity contribution in [3.05, 3.63) is 0 Å². The van der Waals surface area contributed by atoms with Gasteiger partial charge in [-0.25, -0.2) is 0 Å². The minimum atomic E-state index is -1.57. The van der Waals surface area contributed by atoms with E-state index in [0.29, 0.717) is 0 Å². The quantitative estimate of drug-likeness (QED) is 0.298. The normalized spacial score (nSPS) is 21.2. The number of hydrogen-bond acceptors (Lipinski definition) is 6. The summed E-state index contributed by atoms with van der Waals surface area (Å²) in [6, 6.07) is 0. The Morgan fingerprint density at radius 1 is 1.00 bits per heavy atom. The maximum Gasteiger partial charge on any atom is 0.135 e. The zero-order valence-corrected chi connectivity index (χ0v) is 7.70. The summed E-state index contributed by atoms with van der Waals surface area (Å²) in [6.45, 7) is -0.668. The molecule has 5 N–H and O–H groups in total. The average molecular weight is 195 g/mol. The molecule has 0 aromatic rings. The first-order chi connectivity index (χ1) is 5.91. The van der Waals surface area contributed by atoms with Gasteiger partial charge in [0.05, 0.1) is 6.61 Å². The molecular formula is C7H17NO5. The Morgan fingerprint density at radius 3 is 1.77 bits per heavy atom. The van der Waals surface area contributed by atoms with Crippen molar-refractivity contribution in [3.8, 4) is 0 Å². The highest BCUT2D eigenvalue weighted by atomic mass is 16.4. The van der Waals surface area contributed by atoms with Gasteiger partial charge in [-0.05, 0) is 14.1 Å². The second-order valence-corrected chi connectivity index (χ2v) is 3.11. The lowest BCUT2D eigenvalue weighted by molar-refractivity contribution is -0.146. The fraction of sp³-hybridized carbons (Fsp3) is 1.00. The minimum Gasteiger partial charge on any atom is -0.394 e. The van der Waals surface area contributed by atoms with Crippen LogP contribution in [-0.2, 0) is 0 Å². The third-order valence-corrected chi connectivity index (χ3v) is 1.77. The second-order valence-electron chi connectivity index (χ2n) is 3.11. The fourth-order valence-corrected chi connectivity index (χ4v) is 0.817. The molecule has 0 saturated heterocycles. The first kappa shape index (κ1) is 12.8. The Bertz CT molecular complexity index is 143. The van der Waals surface area contributed by atoms with Crippen LogP contribution in [0, 0.1) is 0 Å². The summed E-state index contributed by atoms with van der Waals surface area (Å²) in [7, 11) is 3.01. The van der Waals surface area contributed by atoms with Crippen LogP contribution >= 0.6 is 0 Å². The molecule has 13 heavy (non-hydrogen) atoms. The second kappa shape index (κ2) is 5.48. The van der Waals surface area contributed by atoms with Crippen molar-refractivity contribution >= 4 is 0 Å². The molecule has 0 spiro atoms. The van der Waals surface area contributed by atoms with Crippen molar-refractivity contribution < 1.29 is 25.5 Å². The molecular weight excluding hydrogens is 178 g/mol. The van der Waals surface area contributed by atoms with Gasteiger partial charge in [-0.2, -0.15) is 0 Å². The predicted molar refractivity (Wildman–Crippen MR) is 44.8 cm³/mol. The molecule has 0 rings (SSSR count). The highest BCUT2D eigenvalue weighted by Gasteiger charge is 2.30. The molecule has 6 heteroatoms. The lowest BCUT2D eigenvalue weighted by atomic mass is 10.1. The van der Waals surface area contributed by atoms with Crippen molar-refractivity contribution in [2.45, 2.75) is 24.5 Å². The summed E-state index contributed by atoms with van der Waals surface area (Å²) < 4.78 is 0. The summed E-state index contributed by atoms with van der Waals surface area (Å²) in [6.07, 6.45) is -5.82. The smallest absolute Gasteiger partial charge is 0.135 e. The number of hydrogen-bond donors (Lipinski definition) is 5. The van der Waals surface area contributed by atoms with Crippen molar-refractivity contribution in [2.24, 2.45) is 0 Å². The molecule has 0 heterocycles. The van der Waals surface area contributed by atoms with E-state index in [1.54, 1.807) is 0 Å². The van der Waals surface area contributed by atoms with Crippen LogP contribution in [0.1, 0.15) is 0 Å². The van der Waals surface area contributed by atoms with E-state index in [-0.39, 0.29) is 0 Å². The topological polar surface area (TPSA) is 104 Å². The molecule has 0 aromatic carbocycles. The molecule has 80 valence electrons. The van der Waals surface area contributed by atoms with E-state index < -0.39 is 31.1 Å². The van der Waals surface area contributed by atoms with Crippen molar-refractivity contribution in [2.75, 3.05) is 20.7 Å². The molecule has 0 aromatic heterocycles. The third-order valence-electron chi connectivity index (χ3n) is 1.77. The van der Waals surface area contributed by atoms with Crippen LogP contribution in [0.4, 0.5) is 0 Å². The number of nitrogens with zero attached hydrogens (tertiary/aromatic N) is 1. The van der Waals surface area contributed by atoms with Gasteiger partial charge in [0.1, 0.15) is 24.5 Å². The highest BCUT2D eigenvalue weighted by molar-refractivity contribution is 4.78. The average Bonchev–Trinajstić information content (AvgIpc) is 2.12. The lowest BCUT2D eigenvalue weighted by Crippen LogP contribution is -2.50. The van der Waals surface area contributed by atoms with Gasteiger partial charge in [-0.15, -0.1) is 0 Å². The molecule has 0 aliphatic heterocycles. The Morgan fingerprint density at radius 2 is 1.46 bits per heavy atom. The summed E-state index contributed by atoms with van der Waals surface area (Å²) in [4.78, 5) is 1.28. The monoisotopic (exact) mass is 195 g/mol. The van der Waals surface area contributed by atoms with E-state index in [9.17, 15) is 10.2 Å². The van der Waals surface area contributed by atoms with Crippen LogP contribution in [0.5, 0.6) is 0 Å². The van der Waals surface area contributed by atoms with Crippen LogP contribution in [0.25, 0.3) is 0 Å². The SMILES string of the molecule is CN(C)C(O)C(O)C(O)C(O)CO. The number of aliphatic hydroxyl groups excluding tert-OH is 5. The molecule has 0 aliphatic carbocycles. The Kier molecular flexibility index (Phi) is 5.38. The molecule has 0 fully saturated rings. The molecule has 0 amide bonds. The molecule has 0 saturated carbocycles. The number of aliphatic hydroxyl groups is 5. The molecule has 6 nitrogen and oxygen atoms in total. The van der Waals surface area contributed by atoms with Crippen molar-refractivity contribution in [3.63, 3.8) is 0 Å². The molecule has 0 bridgehead atoms. The lowest BCUT2D eigenvalue weighted by Gasteiger charge is -2.29. The van der Waals surface area contributed by atoms with Crippen molar-refractivity contribution in [1.82, 2.24) is 4.90 Å². The van der Waals surface area contributed by atoms with Gasteiger partial charge >= 0.3 is 0 Å². The highest BCUT2D eigenvalue weighted by Crippen LogP contribution is 2.06. The standard InChI is InChI=1S/C7H17NO5/c1-8(2)7(13)6(12)5(11)4(10)3-9/h4-7,9-13H,3H2,1-2H3. The maximum absolute atomic E-state index is 9.25. The van der Waals surface area contributed by atoms with E-state index in [1.165, 1.54) is 19.0 Å². The molecule has 4 unspecified atom stereocenters. The van der Waals surface area contributed by atoms with Crippen LogP contribution in [0.2, 0.25) is 0 Å². The maximum atomic E-state index is 9.25. The predicted octanol–water partition coefficient (Wildman–Crippen LogP) is -3.06. The third kappa shape index (κ3) is 3.55. The van der Waals surface area contributed by atoms with Gasteiger partial charge in [0.2, 0.25) is 0 Å². The van der Waals surface area contributed by atoms with Crippen LogP contribution in [0.3, 0.4) is 0 Å². The first-order valence-electron chi connectivity index (χ1n) is 3.91. The van der Waals surface area contributed by atoms with Crippen LogP contribution in [0.15, 0.2) is 0 Å². The van der Waals surface area contributed by atoms with Crippen molar-refractivity contribution in [1.29, 1.82) is 0 Å². The summed E-state index contributed by atoms with van der Waals surface area (Å²) >= 11 is 0. The van der Waals surface area contributed by atoms with E-state index in [4.69, 9.17) is 15.3 Å². The van der Waals surface area contributed by atoms with Gasteiger partial charge in [0.15, 0.2) is 0 Å². The molecule has 4 atom stereocenters. The van der Waals surface area contributed by atoms with Gasteiger partial charge in [0.25, 0.3) is 0 Å². The van der Waals surface area contributed by atoms with Gasteiger partial charge < -0.3 is 25.5 Å². The van der Waals surface area contributed by atoms with Gasteiger partial charge in [0, 0.05) is 0 Å². The summed E-state index contributed by atoms with van der Waals surface area (Å²) in [5, 5.41) is 45.0. The van der Waals surface area contributed by atoms with E-state index in [0.717, 1.165) is 0 Å². The van der Waals surface area contributed by atoms with E-state index >= 15 is 0 Å². The van der Waals surface area contributed by atoms with Crippen LogP contribution in [-0.4, -0.2) is 75.7 Å². The zero-order chi connectivity index (χ0) is 10.6. The largest absolute Gasteiger partial charge is 0.394 e. The Labute approximate surface area is 76.7 Å². The first-order valence-corrected chi connectivity index (χ1v) is 3.91. The summed E-state index contributed by atoms with van der Waals surface area (Å²) in [5.41, 5.74) is 0. The number of likely N-dealkylation sites (N-methyl/N-ethyl adjacent to an activating group) is 1.